The van der Waals surface area contributed by atoms with Crippen molar-refractivity contribution in [3.8, 4) is 11.3 Å². The summed E-state index contributed by atoms with van der Waals surface area (Å²) in [6.07, 6.45) is 3.49. The lowest BCUT2D eigenvalue weighted by Gasteiger charge is -2.50. The number of rotatable bonds is 3. The van der Waals surface area contributed by atoms with Crippen molar-refractivity contribution in [3.63, 3.8) is 0 Å². The van der Waals surface area contributed by atoms with Crippen LogP contribution in [0.5, 0.6) is 0 Å². The normalized spacial score (nSPS) is 18.0. The lowest BCUT2D eigenvalue weighted by Crippen LogP contribution is -2.58. The number of fused-ring (bicyclic) bond motifs is 2. The monoisotopic (exact) mass is 452 g/mol. The highest BCUT2D eigenvalue weighted by Crippen LogP contribution is 2.42. The molecule has 1 spiro atoms. The number of nitrogens with zero attached hydrogens (tertiary/aromatic N) is 4. The van der Waals surface area contributed by atoms with Crippen molar-refractivity contribution in [1.82, 2.24) is 19.4 Å². The lowest BCUT2D eigenvalue weighted by molar-refractivity contribution is -0.00313. The zero-order valence-corrected chi connectivity index (χ0v) is 18.9. The van der Waals surface area contributed by atoms with Crippen LogP contribution in [0.1, 0.15) is 35.9 Å². The number of likely N-dealkylation sites (tertiary alicyclic amines) is 1. The second-order valence-electron chi connectivity index (χ2n) is 8.54. The van der Waals surface area contributed by atoms with E-state index < -0.39 is 0 Å². The molecule has 2 aromatic carbocycles. The molecule has 1 aromatic heterocycles. The van der Waals surface area contributed by atoms with E-state index >= 15 is 0 Å². The van der Waals surface area contributed by atoms with Crippen LogP contribution in [-0.2, 0) is 12.1 Å². The highest BCUT2D eigenvalue weighted by molar-refractivity contribution is 6.30. The zero-order valence-electron chi connectivity index (χ0n) is 18.1. The third-order valence-corrected chi connectivity index (χ3v) is 7.16. The Kier molecular flexibility index (Phi) is 5.51. The van der Waals surface area contributed by atoms with Crippen LogP contribution in [0.4, 0.5) is 4.39 Å². The Labute approximate surface area is 192 Å². The summed E-state index contributed by atoms with van der Waals surface area (Å²) in [5.74, 6) is 0.802. The van der Waals surface area contributed by atoms with Gasteiger partial charge in [0.05, 0.1) is 17.4 Å². The Balaban J connectivity index is 1.44. The van der Waals surface area contributed by atoms with Gasteiger partial charge in [-0.15, -0.1) is 0 Å². The van der Waals surface area contributed by atoms with Gasteiger partial charge in [0.25, 0.3) is 5.91 Å². The fourth-order valence-corrected chi connectivity index (χ4v) is 5.50. The summed E-state index contributed by atoms with van der Waals surface area (Å²) in [6.45, 7) is 6.14. The number of likely N-dealkylation sites (N-methyl/N-ethyl adjacent to an activating group) is 1. The molecule has 0 aliphatic carbocycles. The minimum absolute atomic E-state index is 0.0185. The van der Waals surface area contributed by atoms with Gasteiger partial charge in [-0.25, -0.2) is 9.37 Å². The van der Waals surface area contributed by atoms with Gasteiger partial charge < -0.3 is 9.47 Å². The molecule has 0 atom stereocenters. The minimum atomic E-state index is -0.244. The zero-order chi connectivity index (χ0) is 22.3. The number of carbonyl (C=O) groups is 1. The maximum absolute atomic E-state index is 13.9. The largest absolute Gasteiger partial charge is 0.338 e. The molecule has 3 aromatic rings. The van der Waals surface area contributed by atoms with Gasteiger partial charge in [0.15, 0.2) is 0 Å². The van der Waals surface area contributed by atoms with Crippen LogP contribution in [-0.4, -0.2) is 51.4 Å². The number of imidazole rings is 1. The van der Waals surface area contributed by atoms with Gasteiger partial charge in [0.1, 0.15) is 11.6 Å². The van der Waals surface area contributed by atoms with Crippen molar-refractivity contribution in [3.05, 3.63) is 77.0 Å². The van der Waals surface area contributed by atoms with Gasteiger partial charge in [-0.3, -0.25) is 9.69 Å². The molecule has 2 aliphatic rings. The molecule has 5 rings (SSSR count). The van der Waals surface area contributed by atoms with Gasteiger partial charge in [0.2, 0.25) is 0 Å². The molecule has 0 N–H and O–H groups in total. The first-order chi connectivity index (χ1) is 15.5. The molecule has 32 heavy (non-hydrogen) atoms. The third-order valence-electron chi connectivity index (χ3n) is 6.92. The van der Waals surface area contributed by atoms with E-state index in [-0.39, 0.29) is 17.3 Å². The van der Waals surface area contributed by atoms with E-state index in [0.29, 0.717) is 23.7 Å². The fourth-order valence-electron chi connectivity index (χ4n) is 5.31. The van der Waals surface area contributed by atoms with E-state index in [4.69, 9.17) is 16.6 Å². The molecule has 2 aliphatic heterocycles. The predicted octanol–water partition coefficient (Wildman–Crippen LogP) is 4.81. The summed E-state index contributed by atoms with van der Waals surface area (Å²) in [5.41, 5.74) is 2.20. The van der Waals surface area contributed by atoms with Crippen molar-refractivity contribution in [2.24, 2.45) is 0 Å². The van der Waals surface area contributed by atoms with E-state index in [0.717, 1.165) is 49.6 Å². The molecule has 1 amide bonds. The first-order valence-corrected chi connectivity index (χ1v) is 11.5. The number of halogens is 2. The van der Waals surface area contributed by atoms with Gasteiger partial charge in [-0.05, 0) is 49.7 Å². The molecular formula is C25H26ClFN4O. The van der Waals surface area contributed by atoms with Crippen molar-refractivity contribution in [2.75, 3.05) is 26.2 Å². The van der Waals surface area contributed by atoms with Crippen LogP contribution < -0.4 is 0 Å². The number of aromatic nitrogens is 2. The van der Waals surface area contributed by atoms with Gasteiger partial charge >= 0.3 is 0 Å². The van der Waals surface area contributed by atoms with E-state index in [2.05, 4.69) is 16.4 Å². The van der Waals surface area contributed by atoms with Crippen LogP contribution in [0.25, 0.3) is 11.3 Å². The molecule has 0 bridgehead atoms. The minimum Gasteiger partial charge on any atom is -0.338 e. The highest BCUT2D eigenvalue weighted by Gasteiger charge is 2.47. The van der Waals surface area contributed by atoms with Crippen LogP contribution in [0.2, 0.25) is 5.02 Å². The predicted molar refractivity (Wildman–Crippen MR) is 123 cm³/mol. The SMILES string of the molecule is CCN1CCn2c(-c3cccc(F)c3)cnc2C12CCN(C(=O)c1cccc(Cl)c1)CC2. The Morgan fingerprint density at radius 1 is 1.09 bits per heavy atom. The van der Waals surface area contributed by atoms with E-state index in [1.54, 1.807) is 24.3 Å². The molecule has 0 saturated carbocycles. The first-order valence-electron chi connectivity index (χ1n) is 11.1. The number of piperidine rings is 1. The summed E-state index contributed by atoms with van der Waals surface area (Å²) in [7, 11) is 0. The molecular weight excluding hydrogens is 427 g/mol. The second-order valence-corrected chi connectivity index (χ2v) is 8.98. The molecule has 5 nitrogen and oxygen atoms in total. The fraction of sp³-hybridized carbons (Fsp3) is 0.360. The molecule has 1 fully saturated rings. The standard InChI is InChI=1S/C25H26ClFN4O/c1-2-30-13-14-31-22(18-5-4-8-21(27)16-18)17-28-24(31)25(30)9-11-29(12-10-25)23(32)19-6-3-7-20(26)15-19/h3-8,15-17H,2,9-14H2,1H3. The Morgan fingerprint density at radius 2 is 1.88 bits per heavy atom. The van der Waals surface area contributed by atoms with Gasteiger partial charge in [-0.1, -0.05) is 36.7 Å². The maximum atomic E-state index is 13.9. The molecule has 0 unspecified atom stereocenters. The first kappa shape index (κ1) is 21.2. The lowest BCUT2D eigenvalue weighted by atomic mass is 9.83. The summed E-state index contributed by atoms with van der Waals surface area (Å²) >= 11 is 6.09. The number of carbonyl (C=O) groups excluding carboxylic acids is 1. The summed E-state index contributed by atoms with van der Waals surface area (Å²) < 4.78 is 16.1. The quantitative estimate of drug-likeness (QED) is 0.572. The highest BCUT2D eigenvalue weighted by atomic mass is 35.5. The Hall–Kier alpha value is -2.70. The molecule has 166 valence electrons. The van der Waals surface area contributed by atoms with Crippen molar-refractivity contribution < 1.29 is 9.18 Å². The molecule has 1 saturated heterocycles. The molecule has 7 heteroatoms. The topological polar surface area (TPSA) is 41.4 Å². The van der Waals surface area contributed by atoms with Crippen molar-refractivity contribution in [2.45, 2.75) is 31.8 Å². The van der Waals surface area contributed by atoms with E-state index in [1.807, 2.05) is 29.3 Å². The van der Waals surface area contributed by atoms with Crippen LogP contribution in [0.3, 0.4) is 0 Å². The third kappa shape index (κ3) is 3.51. The second kappa shape index (κ2) is 8.34. The summed E-state index contributed by atoms with van der Waals surface area (Å²) in [6, 6.07) is 13.8. The number of benzene rings is 2. The smallest absolute Gasteiger partial charge is 0.253 e. The van der Waals surface area contributed by atoms with Crippen molar-refractivity contribution >= 4 is 17.5 Å². The van der Waals surface area contributed by atoms with Crippen LogP contribution >= 0.6 is 11.6 Å². The summed E-state index contributed by atoms with van der Waals surface area (Å²) in [5, 5.41) is 0.570. The molecule has 0 radical (unpaired) electrons. The average molecular weight is 453 g/mol. The maximum Gasteiger partial charge on any atom is 0.253 e. The average Bonchev–Trinajstić information content (AvgIpc) is 3.25. The number of amides is 1. The molecule has 3 heterocycles. The summed E-state index contributed by atoms with van der Waals surface area (Å²) in [4.78, 5) is 22.3. The van der Waals surface area contributed by atoms with E-state index in [1.165, 1.54) is 6.07 Å². The van der Waals surface area contributed by atoms with E-state index in [9.17, 15) is 9.18 Å². The van der Waals surface area contributed by atoms with Gasteiger partial charge in [0, 0.05) is 42.3 Å². The Morgan fingerprint density at radius 3 is 2.59 bits per heavy atom. The number of hydrogen-bond donors (Lipinski definition) is 0. The van der Waals surface area contributed by atoms with Crippen LogP contribution in [0.15, 0.2) is 54.7 Å². The van der Waals surface area contributed by atoms with Gasteiger partial charge in [-0.2, -0.15) is 0 Å². The number of hydrogen-bond acceptors (Lipinski definition) is 3. The van der Waals surface area contributed by atoms with Crippen molar-refractivity contribution in [1.29, 1.82) is 0 Å². The van der Waals surface area contributed by atoms with Crippen LogP contribution in [0, 0.1) is 5.82 Å². The Bertz CT molecular complexity index is 1150.